The van der Waals surface area contributed by atoms with Gasteiger partial charge in [0.05, 0.1) is 10.2 Å². The van der Waals surface area contributed by atoms with E-state index in [-0.39, 0.29) is 6.79 Å². The molecule has 0 bridgehead atoms. The molecule has 3 aromatic carbocycles. The molecule has 0 radical (unpaired) electrons. The summed E-state index contributed by atoms with van der Waals surface area (Å²) in [4.78, 5) is 10.3. The highest BCUT2D eigenvalue weighted by Gasteiger charge is 2.23. The minimum Gasteiger partial charge on any atom is -0.454 e. The van der Waals surface area contributed by atoms with Crippen molar-refractivity contribution in [1.29, 1.82) is 0 Å². The topological polar surface area (TPSA) is 70.0 Å². The van der Waals surface area contributed by atoms with Gasteiger partial charge in [0.15, 0.2) is 22.5 Å². The van der Waals surface area contributed by atoms with Crippen LogP contribution in [0.5, 0.6) is 11.5 Å². The van der Waals surface area contributed by atoms with Crippen LogP contribution in [0.4, 0.5) is 0 Å². The van der Waals surface area contributed by atoms with Gasteiger partial charge < -0.3 is 9.47 Å². The van der Waals surface area contributed by atoms with Crippen molar-refractivity contribution in [2.45, 2.75) is 0 Å². The van der Waals surface area contributed by atoms with Gasteiger partial charge in [0.1, 0.15) is 10.5 Å². The molecule has 0 saturated heterocycles. The molecule has 1 aliphatic rings. The number of fused-ring (bicyclic) bond motifs is 4. The van der Waals surface area contributed by atoms with Gasteiger partial charge in [0.2, 0.25) is 6.79 Å². The first-order valence-electron chi connectivity index (χ1n) is 10.9. The van der Waals surface area contributed by atoms with Crippen LogP contribution in [0.1, 0.15) is 0 Å². The molecule has 7 rings (SSSR count). The van der Waals surface area contributed by atoms with Crippen molar-refractivity contribution in [2.75, 3.05) is 6.79 Å². The lowest BCUT2D eigenvalue weighted by Crippen LogP contribution is -1.95. The van der Waals surface area contributed by atoms with Gasteiger partial charge in [-0.25, -0.2) is 9.97 Å². The fourth-order valence-electron chi connectivity index (χ4n) is 4.34. The highest BCUT2D eigenvalue weighted by molar-refractivity contribution is 7.26. The average Bonchev–Trinajstić information content (AvgIpc) is 3.53. The third-order valence-corrected chi connectivity index (χ3v) is 7.40. The largest absolute Gasteiger partial charge is 0.454 e. The molecule has 0 N–H and O–H groups in total. The van der Waals surface area contributed by atoms with Crippen LogP contribution >= 0.6 is 22.9 Å². The van der Waals surface area contributed by atoms with E-state index in [0.29, 0.717) is 22.5 Å². The molecule has 8 heteroatoms. The van der Waals surface area contributed by atoms with Crippen molar-refractivity contribution < 1.29 is 9.47 Å². The second kappa shape index (κ2) is 8.01. The molecular formula is C27H15ClN4O2S. The van der Waals surface area contributed by atoms with E-state index in [0.717, 1.165) is 48.4 Å². The van der Waals surface area contributed by atoms with Crippen molar-refractivity contribution in [3.05, 3.63) is 84.0 Å². The molecule has 0 saturated carbocycles. The van der Waals surface area contributed by atoms with Gasteiger partial charge in [-0.2, -0.15) is 0 Å². The number of hydrogen-bond acceptors (Lipinski definition) is 7. The summed E-state index contributed by atoms with van der Waals surface area (Å²) in [5.41, 5.74) is 5.33. The van der Waals surface area contributed by atoms with Gasteiger partial charge in [-0.3, -0.25) is 0 Å². The van der Waals surface area contributed by atoms with E-state index >= 15 is 0 Å². The smallest absolute Gasteiger partial charge is 0.231 e. The van der Waals surface area contributed by atoms with Gasteiger partial charge >= 0.3 is 0 Å². The molecule has 168 valence electrons. The first-order chi connectivity index (χ1) is 17.3. The lowest BCUT2D eigenvalue weighted by molar-refractivity contribution is 0.174. The number of nitrogens with zero attached hydrogens (tertiary/aromatic N) is 4. The predicted octanol–water partition coefficient (Wildman–Crippen LogP) is 7.02. The third kappa shape index (κ3) is 3.31. The Balaban J connectivity index is 1.55. The van der Waals surface area contributed by atoms with Crippen LogP contribution in [-0.4, -0.2) is 27.0 Å². The van der Waals surface area contributed by atoms with E-state index in [1.54, 1.807) is 0 Å². The van der Waals surface area contributed by atoms with Crippen molar-refractivity contribution in [3.63, 3.8) is 0 Å². The number of hydrogen-bond donors (Lipinski definition) is 0. The zero-order valence-electron chi connectivity index (χ0n) is 18.1. The molecule has 0 fully saturated rings. The maximum atomic E-state index is 6.71. The monoisotopic (exact) mass is 494 g/mol. The molecule has 0 spiro atoms. The van der Waals surface area contributed by atoms with Crippen molar-refractivity contribution in [3.8, 4) is 45.3 Å². The SMILES string of the molecule is Clc1nc(-c2ccc3c(c2)OCO3)nc2c1sc1nnc(-c3ccccc3)c(-c3ccccc3)c12. The molecule has 35 heavy (non-hydrogen) atoms. The number of thiophene rings is 1. The quantitative estimate of drug-likeness (QED) is 0.246. The second-order valence-corrected chi connectivity index (χ2v) is 9.38. The summed E-state index contributed by atoms with van der Waals surface area (Å²) in [6.45, 7) is 0.204. The maximum Gasteiger partial charge on any atom is 0.231 e. The minimum atomic E-state index is 0.204. The molecule has 0 amide bonds. The molecule has 0 unspecified atom stereocenters. The lowest BCUT2D eigenvalue weighted by atomic mass is 9.97. The average molecular weight is 495 g/mol. The Hall–Kier alpha value is -4.07. The normalized spacial score (nSPS) is 12.5. The first-order valence-corrected chi connectivity index (χ1v) is 12.1. The van der Waals surface area contributed by atoms with Crippen LogP contribution in [-0.2, 0) is 0 Å². The predicted molar refractivity (Wildman–Crippen MR) is 138 cm³/mol. The molecular weight excluding hydrogens is 480 g/mol. The Labute approximate surface area is 208 Å². The van der Waals surface area contributed by atoms with Gasteiger partial charge in [-0.15, -0.1) is 21.5 Å². The summed E-state index contributed by atoms with van der Waals surface area (Å²) < 4.78 is 11.8. The van der Waals surface area contributed by atoms with Gasteiger partial charge in [0.25, 0.3) is 0 Å². The molecule has 6 nitrogen and oxygen atoms in total. The second-order valence-electron chi connectivity index (χ2n) is 8.02. The van der Waals surface area contributed by atoms with Crippen LogP contribution in [0.2, 0.25) is 5.15 Å². The standard InChI is InChI=1S/C27H15ClN4O2S/c28-25-24-23(29-26(30-25)17-11-12-18-19(13-17)34-14-33-18)21-20(15-7-3-1-4-8-15)22(31-32-27(21)35-24)16-9-5-2-6-10-16/h1-13H,14H2. The number of rotatable bonds is 3. The van der Waals surface area contributed by atoms with E-state index in [4.69, 9.17) is 26.1 Å². The maximum absolute atomic E-state index is 6.71. The van der Waals surface area contributed by atoms with Crippen LogP contribution in [0, 0.1) is 0 Å². The zero-order valence-corrected chi connectivity index (χ0v) is 19.7. The van der Waals surface area contributed by atoms with Crippen molar-refractivity contribution in [1.82, 2.24) is 20.2 Å². The van der Waals surface area contributed by atoms with Crippen LogP contribution < -0.4 is 9.47 Å². The molecule has 3 aromatic heterocycles. The molecule has 6 aromatic rings. The van der Waals surface area contributed by atoms with E-state index in [1.165, 1.54) is 11.3 Å². The highest BCUT2D eigenvalue weighted by Crippen LogP contribution is 2.44. The fraction of sp³-hybridized carbons (Fsp3) is 0.0370. The van der Waals surface area contributed by atoms with E-state index in [2.05, 4.69) is 27.3 Å². The number of ether oxygens (including phenoxy) is 2. The van der Waals surface area contributed by atoms with E-state index in [1.807, 2.05) is 66.7 Å². The number of benzene rings is 3. The lowest BCUT2D eigenvalue weighted by Gasteiger charge is -2.10. The third-order valence-electron chi connectivity index (χ3n) is 5.94. The van der Waals surface area contributed by atoms with Gasteiger partial charge in [-0.1, -0.05) is 72.3 Å². The van der Waals surface area contributed by atoms with Crippen molar-refractivity contribution >= 4 is 43.4 Å². The van der Waals surface area contributed by atoms with Crippen molar-refractivity contribution in [2.24, 2.45) is 0 Å². The summed E-state index contributed by atoms with van der Waals surface area (Å²) in [5, 5.41) is 10.5. The molecule has 1 aliphatic heterocycles. The Morgan fingerprint density at radius 2 is 1.49 bits per heavy atom. The molecule has 4 heterocycles. The first kappa shape index (κ1) is 20.3. The van der Waals surface area contributed by atoms with Crippen LogP contribution in [0.25, 0.3) is 54.2 Å². The fourth-order valence-corrected chi connectivity index (χ4v) is 5.58. The Morgan fingerprint density at radius 1 is 0.743 bits per heavy atom. The summed E-state index contributed by atoms with van der Waals surface area (Å²) in [6, 6.07) is 25.9. The number of aromatic nitrogens is 4. The molecule has 0 atom stereocenters. The Kier molecular flexibility index (Phi) is 4.65. The van der Waals surface area contributed by atoms with E-state index < -0.39 is 0 Å². The summed E-state index contributed by atoms with van der Waals surface area (Å²) in [7, 11) is 0. The Bertz CT molecular complexity index is 1740. The van der Waals surface area contributed by atoms with Crippen LogP contribution in [0.3, 0.4) is 0 Å². The summed E-state index contributed by atoms with van der Waals surface area (Å²) in [5.74, 6) is 1.88. The minimum absolute atomic E-state index is 0.204. The molecule has 0 aliphatic carbocycles. The summed E-state index contributed by atoms with van der Waals surface area (Å²) >= 11 is 8.16. The zero-order chi connectivity index (χ0) is 23.4. The van der Waals surface area contributed by atoms with Gasteiger partial charge in [0, 0.05) is 22.1 Å². The Morgan fingerprint density at radius 3 is 2.29 bits per heavy atom. The highest BCUT2D eigenvalue weighted by atomic mass is 35.5. The van der Waals surface area contributed by atoms with Gasteiger partial charge in [-0.05, 0) is 23.8 Å². The van der Waals surface area contributed by atoms with Crippen LogP contribution in [0.15, 0.2) is 78.9 Å². The number of halogens is 1. The van der Waals surface area contributed by atoms with E-state index in [9.17, 15) is 0 Å². The summed E-state index contributed by atoms with van der Waals surface area (Å²) in [6.07, 6.45) is 0.